The lowest BCUT2D eigenvalue weighted by Gasteiger charge is -2.22. The van der Waals surface area contributed by atoms with Crippen LogP contribution in [0.1, 0.15) is 6.23 Å². The van der Waals surface area contributed by atoms with Crippen LogP contribution in [-0.4, -0.2) is 65.0 Å². The fraction of sp³-hybridized carbons (Fsp3) is 0.667. The summed E-state index contributed by atoms with van der Waals surface area (Å²) in [4.78, 5) is 25.0. The quantitative estimate of drug-likeness (QED) is 0.510. The van der Waals surface area contributed by atoms with E-state index in [0.717, 1.165) is 10.6 Å². The van der Waals surface area contributed by atoms with Crippen molar-refractivity contribution >= 4 is 0 Å². The van der Waals surface area contributed by atoms with Crippen molar-refractivity contribution in [2.24, 2.45) is 0 Å². The zero-order valence-corrected chi connectivity index (χ0v) is 11.5. The fourth-order valence-corrected chi connectivity index (χ4v) is 2.17. The summed E-state index contributed by atoms with van der Waals surface area (Å²) in [5.41, 5.74) is -1.22. The third-order valence-corrected chi connectivity index (χ3v) is 3.22. The third-order valence-electron chi connectivity index (χ3n) is 3.22. The molecule has 21 heavy (non-hydrogen) atoms. The maximum absolute atomic E-state index is 11.8. The Morgan fingerprint density at radius 3 is 2.81 bits per heavy atom. The molecular formula is C12H18N2O7. The highest BCUT2D eigenvalue weighted by Crippen LogP contribution is 2.30. The molecule has 1 aliphatic rings. The van der Waals surface area contributed by atoms with E-state index in [1.165, 1.54) is 13.3 Å². The maximum Gasteiger partial charge on any atom is 0.330 e. The average Bonchev–Trinajstić information content (AvgIpc) is 2.76. The van der Waals surface area contributed by atoms with Gasteiger partial charge in [0.2, 0.25) is 0 Å². The van der Waals surface area contributed by atoms with Crippen LogP contribution in [0.25, 0.3) is 0 Å². The first kappa shape index (κ1) is 15.9. The molecule has 9 heteroatoms. The normalized spacial score (nSPS) is 28.9. The van der Waals surface area contributed by atoms with E-state index >= 15 is 0 Å². The zero-order valence-electron chi connectivity index (χ0n) is 11.5. The molecule has 9 nitrogen and oxygen atoms in total. The molecule has 3 N–H and O–H groups in total. The van der Waals surface area contributed by atoms with Crippen LogP contribution in [0.2, 0.25) is 0 Å². The van der Waals surface area contributed by atoms with Gasteiger partial charge in [-0.25, -0.2) is 4.79 Å². The monoisotopic (exact) mass is 302 g/mol. The summed E-state index contributed by atoms with van der Waals surface area (Å²) < 4.78 is 16.9. The van der Waals surface area contributed by atoms with Gasteiger partial charge in [-0.15, -0.1) is 0 Å². The predicted octanol–water partition coefficient (Wildman–Crippen LogP) is -2.18. The van der Waals surface area contributed by atoms with E-state index in [0.29, 0.717) is 6.61 Å². The molecule has 0 aromatic carbocycles. The Labute approximate surface area is 119 Å². The minimum atomic E-state index is -1.10. The van der Waals surface area contributed by atoms with Crippen LogP contribution < -0.4 is 11.2 Å². The van der Waals surface area contributed by atoms with E-state index in [2.05, 4.69) is 4.98 Å². The van der Waals surface area contributed by atoms with Crippen molar-refractivity contribution in [1.82, 2.24) is 9.55 Å². The molecule has 4 atom stereocenters. The Balaban J connectivity index is 2.25. The van der Waals surface area contributed by atoms with Crippen molar-refractivity contribution < 1.29 is 24.4 Å². The molecule has 0 aliphatic carbocycles. The van der Waals surface area contributed by atoms with Crippen LogP contribution in [0.5, 0.6) is 0 Å². The Morgan fingerprint density at radius 1 is 1.43 bits per heavy atom. The second-order valence-corrected chi connectivity index (χ2v) is 4.58. The van der Waals surface area contributed by atoms with Crippen LogP contribution in [0.15, 0.2) is 21.9 Å². The van der Waals surface area contributed by atoms with E-state index in [1.54, 1.807) is 0 Å². The van der Waals surface area contributed by atoms with Gasteiger partial charge in [0.25, 0.3) is 5.56 Å². The van der Waals surface area contributed by atoms with Gasteiger partial charge in [-0.2, -0.15) is 0 Å². The zero-order chi connectivity index (χ0) is 15.4. The highest BCUT2D eigenvalue weighted by Gasteiger charge is 2.45. The lowest BCUT2D eigenvalue weighted by molar-refractivity contribution is -0.0819. The number of H-pyrrole nitrogens is 1. The van der Waals surface area contributed by atoms with Crippen molar-refractivity contribution in [3.05, 3.63) is 33.1 Å². The lowest BCUT2D eigenvalue weighted by Crippen LogP contribution is -2.39. The number of hydrogen-bond donors (Lipinski definition) is 3. The number of nitrogens with zero attached hydrogens (tertiary/aromatic N) is 1. The molecule has 0 saturated carbocycles. The van der Waals surface area contributed by atoms with Crippen LogP contribution in [0, 0.1) is 0 Å². The van der Waals surface area contributed by atoms with Gasteiger partial charge >= 0.3 is 5.69 Å². The molecule has 2 heterocycles. The molecule has 1 fully saturated rings. The lowest BCUT2D eigenvalue weighted by atomic mass is 10.1. The summed E-state index contributed by atoms with van der Waals surface area (Å²) in [6, 6.07) is 1.16. The fourth-order valence-electron chi connectivity index (χ4n) is 2.17. The number of nitrogens with one attached hydrogen (secondary N) is 1. The van der Waals surface area contributed by atoms with E-state index in [9.17, 15) is 19.8 Å². The maximum atomic E-state index is 11.8. The van der Waals surface area contributed by atoms with Gasteiger partial charge in [-0.05, 0) is 0 Å². The molecule has 3 unspecified atom stereocenters. The number of methoxy groups -OCH3 is 1. The predicted molar refractivity (Wildman–Crippen MR) is 69.9 cm³/mol. The molecule has 0 bridgehead atoms. The minimum Gasteiger partial charge on any atom is -0.394 e. The van der Waals surface area contributed by atoms with E-state index in [4.69, 9.17) is 14.2 Å². The highest BCUT2D eigenvalue weighted by molar-refractivity contribution is 4.93. The summed E-state index contributed by atoms with van der Waals surface area (Å²) in [5.74, 6) is 0. The average molecular weight is 302 g/mol. The standard InChI is InChI=1S/C12H18N2O7/c1-19-4-5-20-10-9(17)7(6-15)21-11(10)14-3-2-8(16)13-12(14)18/h2-3,7,9-11,15,17H,4-6H2,1H3,(H,13,16,18)/t7?,9-,10?,11?/m0/s1. The number of rotatable bonds is 6. The largest absolute Gasteiger partial charge is 0.394 e. The van der Waals surface area contributed by atoms with Gasteiger partial charge in [-0.1, -0.05) is 0 Å². The first-order valence-corrected chi connectivity index (χ1v) is 6.45. The molecule has 118 valence electrons. The molecule has 0 radical (unpaired) electrons. The van der Waals surface area contributed by atoms with Crippen LogP contribution in [0.3, 0.4) is 0 Å². The molecule has 1 saturated heterocycles. The van der Waals surface area contributed by atoms with Crippen LogP contribution in [-0.2, 0) is 14.2 Å². The molecule has 1 aromatic rings. The van der Waals surface area contributed by atoms with Crippen molar-refractivity contribution in [3.63, 3.8) is 0 Å². The number of ether oxygens (including phenoxy) is 3. The molecular weight excluding hydrogens is 284 g/mol. The van der Waals surface area contributed by atoms with Crippen molar-refractivity contribution in [1.29, 1.82) is 0 Å². The van der Waals surface area contributed by atoms with Gasteiger partial charge in [0.15, 0.2) is 6.23 Å². The summed E-state index contributed by atoms with van der Waals surface area (Å²) in [7, 11) is 1.51. The smallest absolute Gasteiger partial charge is 0.330 e. The van der Waals surface area contributed by atoms with Crippen molar-refractivity contribution in [3.8, 4) is 0 Å². The van der Waals surface area contributed by atoms with Crippen molar-refractivity contribution in [2.45, 2.75) is 24.5 Å². The topological polar surface area (TPSA) is 123 Å². The Bertz CT molecular complexity index is 569. The van der Waals surface area contributed by atoms with Crippen LogP contribution in [0.4, 0.5) is 0 Å². The SMILES string of the molecule is COCCOC1C(n2ccc(=O)[nH]c2=O)OC(CO)[C@@H]1O. The Kier molecular flexibility index (Phi) is 5.26. The number of aromatic amines is 1. The van der Waals surface area contributed by atoms with Gasteiger partial charge in [0.1, 0.15) is 18.3 Å². The van der Waals surface area contributed by atoms with Gasteiger partial charge < -0.3 is 24.4 Å². The molecule has 0 amide bonds. The van der Waals surface area contributed by atoms with Gasteiger partial charge in [0, 0.05) is 19.4 Å². The van der Waals surface area contributed by atoms with Gasteiger partial charge in [-0.3, -0.25) is 14.3 Å². The van der Waals surface area contributed by atoms with E-state index in [-0.39, 0.29) is 6.61 Å². The Hall–Kier alpha value is -1.52. The number of aliphatic hydroxyl groups is 2. The summed E-state index contributed by atoms with van der Waals surface area (Å²) in [6.07, 6.45) is -2.53. The number of aliphatic hydroxyl groups excluding tert-OH is 2. The molecule has 2 rings (SSSR count). The second-order valence-electron chi connectivity index (χ2n) is 4.58. The molecule has 0 spiro atoms. The minimum absolute atomic E-state index is 0.189. The third kappa shape index (κ3) is 3.39. The summed E-state index contributed by atoms with van der Waals surface area (Å²) in [5, 5.41) is 19.3. The van der Waals surface area contributed by atoms with Gasteiger partial charge in [0.05, 0.1) is 19.8 Å². The van der Waals surface area contributed by atoms with Crippen LogP contribution >= 0.6 is 0 Å². The van der Waals surface area contributed by atoms with E-state index in [1.807, 2.05) is 0 Å². The second kappa shape index (κ2) is 6.96. The Morgan fingerprint density at radius 2 is 2.19 bits per heavy atom. The summed E-state index contributed by atoms with van der Waals surface area (Å²) >= 11 is 0. The van der Waals surface area contributed by atoms with E-state index < -0.39 is 42.4 Å². The number of aromatic nitrogens is 2. The first-order valence-electron chi connectivity index (χ1n) is 6.45. The highest BCUT2D eigenvalue weighted by atomic mass is 16.6. The molecule has 1 aromatic heterocycles. The first-order chi connectivity index (χ1) is 10.1. The molecule has 1 aliphatic heterocycles. The number of hydrogen-bond acceptors (Lipinski definition) is 7. The summed E-state index contributed by atoms with van der Waals surface area (Å²) in [6.45, 7) is 0.0779. The van der Waals surface area contributed by atoms with Crippen molar-refractivity contribution in [2.75, 3.05) is 26.9 Å².